The van der Waals surface area contributed by atoms with E-state index in [1.807, 2.05) is 0 Å². The van der Waals surface area contributed by atoms with E-state index in [0.717, 1.165) is 11.9 Å². The molecule has 0 saturated heterocycles. The molecule has 0 heterocycles. The maximum Gasteiger partial charge on any atom is 0.208 e. The van der Waals surface area contributed by atoms with E-state index in [4.69, 9.17) is 5.84 Å². The predicted octanol–water partition coefficient (Wildman–Crippen LogP) is 0.946. The first-order valence-electron chi connectivity index (χ1n) is 5.35. The SMILES string of the molecule is CN=C(NN)N(C)C1CCC(C)CC1. The Kier molecular flexibility index (Phi) is 4.20. The van der Waals surface area contributed by atoms with Gasteiger partial charge in [0, 0.05) is 20.1 Å². The first-order valence-corrected chi connectivity index (χ1v) is 5.35. The fraction of sp³-hybridized carbons (Fsp3) is 0.900. The molecule has 1 aliphatic carbocycles. The summed E-state index contributed by atoms with van der Waals surface area (Å²) >= 11 is 0. The third kappa shape index (κ3) is 2.61. The Labute approximate surface area is 86.5 Å². The van der Waals surface area contributed by atoms with Crippen LogP contribution in [0.25, 0.3) is 0 Å². The number of nitrogens with two attached hydrogens (primary N) is 1. The fourth-order valence-corrected chi connectivity index (χ4v) is 2.13. The van der Waals surface area contributed by atoms with Gasteiger partial charge in [-0.3, -0.25) is 10.4 Å². The highest BCUT2D eigenvalue weighted by Crippen LogP contribution is 2.26. The number of hydrazine groups is 1. The van der Waals surface area contributed by atoms with Crippen molar-refractivity contribution in [3.8, 4) is 0 Å². The monoisotopic (exact) mass is 198 g/mol. The van der Waals surface area contributed by atoms with Gasteiger partial charge in [-0.15, -0.1) is 0 Å². The van der Waals surface area contributed by atoms with Crippen LogP contribution >= 0.6 is 0 Å². The van der Waals surface area contributed by atoms with Crippen molar-refractivity contribution in [1.29, 1.82) is 0 Å². The summed E-state index contributed by atoms with van der Waals surface area (Å²) in [5, 5.41) is 0. The number of nitrogens with zero attached hydrogens (tertiary/aromatic N) is 2. The third-order valence-electron chi connectivity index (χ3n) is 3.21. The highest BCUT2D eigenvalue weighted by molar-refractivity contribution is 5.79. The van der Waals surface area contributed by atoms with Crippen molar-refractivity contribution in [1.82, 2.24) is 10.3 Å². The lowest BCUT2D eigenvalue weighted by molar-refractivity contribution is 0.234. The quantitative estimate of drug-likeness (QED) is 0.285. The molecule has 0 unspecified atom stereocenters. The second-order valence-corrected chi connectivity index (χ2v) is 4.22. The number of guanidine groups is 1. The van der Waals surface area contributed by atoms with Crippen molar-refractivity contribution < 1.29 is 0 Å². The molecule has 0 aromatic heterocycles. The third-order valence-corrected chi connectivity index (χ3v) is 3.21. The number of hydrogen-bond acceptors (Lipinski definition) is 2. The lowest BCUT2D eigenvalue weighted by atomic mass is 9.87. The summed E-state index contributed by atoms with van der Waals surface area (Å²) in [7, 11) is 3.82. The Morgan fingerprint density at radius 3 is 2.36 bits per heavy atom. The van der Waals surface area contributed by atoms with Gasteiger partial charge in [-0.05, 0) is 31.6 Å². The van der Waals surface area contributed by atoms with Gasteiger partial charge in [0.15, 0.2) is 0 Å². The van der Waals surface area contributed by atoms with E-state index in [1.54, 1.807) is 7.05 Å². The van der Waals surface area contributed by atoms with Crippen LogP contribution in [0.2, 0.25) is 0 Å². The molecule has 0 aromatic carbocycles. The van der Waals surface area contributed by atoms with E-state index in [1.165, 1.54) is 25.7 Å². The molecule has 0 bridgehead atoms. The van der Waals surface area contributed by atoms with Crippen LogP contribution in [0.15, 0.2) is 4.99 Å². The van der Waals surface area contributed by atoms with Gasteiger partial charge in [-0.2, -0.15) is 0 Å². The summed E-state index contributed by atoms with van der Waals surface area (Å²) in [4.78, 5) is 6.27. The van der Waals surface area contributed by atoms with Crippen LogP contribution in [0.5, 0.6) is 0 Å². The van der Waals surface area contributed by atoms with Crippen LogP contribution in [0, 0.1) is 5.92 Å². The topological polar surface area (TPSA) is 53.6 Å². The average molecular weight is 198 g/mol. The molecule has 0 atom stereocenters. The Balaban J connectivity index is 2.48. The zero-order valence-electron chi connectivity index (χ0n) is 9.45. The maximum atomic E-state index is 5.40. The summed E-state index contributed by atoms with van der Waals surface area (Å²) in [5.41, 5.74) is 2.64. The number of nitrogens with one attached hydrogen (secondary N) is 1. The molecule has 1 saturated carbocycles. The largest absolute Gasteiger partial charge is 0.342 e. The summed E-state index contributed by atoms with van der Waals surface area (Å²) in [6.45, 7) is 2.33. The van der Waals surface area contributed by atoms with E-state index in [9.17, 15) is 0 Å². The van der Waals surface area contributed by atoms with Crippen molar-refractivity contribution in [3.63, 3.8) is 0 Å². The zero-order chi connectivity index (χ0) is 10.6. The van der Waals surface area contributed by atoms with Crippen LogP contribution in [0.4, 0.5) is 0 Å². The Morgan fingerprint density at radius 1 is 1.36 bits per heavy atom. The Hall–Kier alpha value is -0.770. The summed E-state index contributed by atoms with van der Waals surface area (Å²) < 4.78 is 0. The summed E-state index contributed by atoms with van der Waals surface area (Å²) in [5.74, 6) is 7.06. The van der Waals surface area contributed by atoms with Crippen LogP contribution in [0.1, 0.15) is 32.6 Å². The molecule has 0 radical (unpaired) electrons. The van der Waals surface area contributed by atoms with Crippen molar-refractivity contribution in [3.05, 3.63) is 0 Å². The molecule has 0 aliphatic heterocycles. The molecule has 0 aromatic rings. The van der Waals surface area contributed by atoms with E-state index in [-0.39, 0.29) is 0 Å². The van der Waals surface area contributed by atoms with E-state index in [0.29, 0.717) is 6.04 Å². The van der Waals surface area contributed by atoms with Gasteiger partial charge in [0.1, 0.15) is 0 Å². The molecule has 82 valence electrons. The predicted molar refractivity (Wildman–Crippen MR) is 59.9 cm³/mol. The zero-order valence-corrected chi connectivity index (χ0v) is 9.45. The molecule has 14 heavy (non-hydrogen) atoms. The first-order chi connectivity index (χ1) is 6.69. The second-order valence-electron chi connectivity index (χ2n) is 4.22. The molecule has 0 amide bonds. The Bertz CT molecular complexity index is 194. The minimum atomic E-state index is 0.598. The van der Waals surface area contributed by atoms with E-state index < -0.39 is 0 Å². The number of hydrogen-bond donors (Lipinski definition) is 2. The molecule has 0 spiro atoms. The van der Waals surface area contributed by atoms with Crippen LogP contribution in [0.3, 0.4) is 0 Å². The number of rotatable bonds is 1. The van der Waals surface area contributed by atoms with Gasteiger partial charge in [-0.1, -0.05) is 6.92 Å². The van der Waals surface area contributed by atoms with E-state index in [2.05, 4.69) is 29.3 Å². The van der Waals surface area contributed by atoms with Crippen LogP contribution in [-0.2, 0) is 0 Å². The van der Waals surface area contributed by atoms with Gasteiger partial charge < -0.3 is 4.90 Å². The van der Waals surface area contributed by atoms with Crippen LogP contribution < -0.4 is 11.3 Å². The lowest BCUT2D eigenvalue weighted by Crippen LogP contribution is -2.48. The smallest absolute Gasteiger partial charge is 0.208 e. The van der Waals surface area contributed by atoms with Gasteiger partial charge in [0.25, 0.3) is 0 Å². The van der Waals surface area contributed by atoms with Crippen molar-refractivity contribution in [2.24, 2.45) is 16.8 Å². The summed E-state index contributed by atoms with van der Waals surface area (Å²) in [6, 6.07) is 0.598. The average Bonchev–Trinajstić information content (AvgIpc) is 2.20. The normalized spacial score (nSPS) is 28.7. The Morgan fingerprint density at radius 2 is 1.93 bits per heavy atom. The first kappa shape index (κ1) is 11.3. The van der Waals surface area contributed by atoms with Gasteiger partial charge in [0.2, 0.25) is 5.96 Å². The van der Waals surface area contributed by atoms with Crippen molar-refractivity contribution in [2.45, 2.75) is 38.6 Å². The highest BCUT2D eigenvalue weighted by Gasteiger charge is 2.23. The second kappa shape index (κ2) is 5.20. The lowest BCUT2D eigenvalue weighted by Gasteiger charge is -2.34. The molecule has 4 nitrogen and oxygen atoms in total. The molecule has 3 N–H and O–H groups in total. The molecule has 1 fully saturated rings. The molecular weight excluding hydrogens is 176 g/mol. The van der Waals surface area contributed by atoms with Gasteiger partial charge in [-0.25, -0.2) is 5.84 Å². The van der Waals surface area contributed by atoms with Crippen molar-refractivity contribution in [2.75, 3.05) is 14.1 Å². The minimum absolute atomic E-state index is 0.598. The summed E-state index contributed by atoms with van der Waals surface area (Å²) in [6.07, 6.45) is 5.13. The standard InChI is InChI=1S/C10H22N4/c1-8-4-6-9(7-5-8)14(3)10(12-2)13-11/h8-9H,4-7,11H2,1-3H3,(H,12,13). The highest BCUT2D eigenvalue weighted by atomic mass is 15.4. The minimum Gasteiger partial charge on any atom is -0.342 e. The van der Waals surface area contributed by atoms with E-state index >= 15 is 0 Å². The van der Waals surface area contributed by atoms with Gasteiger partial charge in [0.05, 0.1) is 0 Å². The molecule has 1 rings (SSSR count). The molecule has 4 heteroatoms. The molecular formula is C10H22N4. The number of aliphatic imine (C=N–C) groups is 1. The molecule has 1 aliphatic rings. The van der Waals surface area contributed by atoms with Crippen molar-refractivity contribution >= 4 is 5.96 Å². The van der Waals surface area contributed by atoms with Crippen LogP contribution in [-0.4, -0.2) is 31.0 Å². The maximum absolute atomic E-state index is 5.40. The van der Waals surface area contributed by atoms with Gasteiger partial charge >= 0.3 is 0 Å². The fourth-order valence-electron chi connectivity index (χ4n) is 2.13.